The maximum atomic E-state index is 10.4. The maximum absolute atomic E-state index is 10.4. The largest absolute Gasteiger partial charge is 0.481 e. The first kappa shape index (κ1) is 20.1. The smallest absolute Gasteiger partial charge is 0.320 e. The van der Waals surface area contributed by atoms with Gasteiger partial charge in [0.15, 0.2) is 0 Å². The van der Waals surface area contributed by atoms with Crippen molar-refractivity contribution in [1.82, 2.24) is 0 Å². The number of carboxylic acid groups (broad SMARTS) is 2. The molecule has 1 aliphatic rings. The second-order valence-corrected chi connectivity index (χ2v) is 6.03. The van der Waals surface area contributed by atoms with Crippen LogP contribution in [0.5, 0.6) is 0 Å². The highest BCUT2D eigenvalue weighted by Gasteiger charge is 2.28. The van der Waals surface area contributed by atoms with Crippen LogP contribution in [0.4, 0.5) is 0 Å². The number of carboxylic acids is 2. The van der Waals surface area contributed by atoms with Gasteiger partial charge in [0, 0.05) is 12.3 Å². The molecular formula is C20H21NO6. The molecule has 2 aromatic rings. The highest BCUT2D eigenvalue weighted by Crippen LogP contribution is 2.44. The molecule has 0 unspecified atom stereocenters. The lowest BCUT2D eigenvalue weighted by molar-refractivity contribution is -0.140. The molecular weight excluding hydrogens is 350 g/mol. The number of hydrogen-bond donors (Lipinski definition) is 3. The van der Waals surface area contributed by atoms with Gasteiger partial charge in [0.05, 0.1) is 0 Å². The van der Waals surface area contributed by atoms with Gasteiger partial charge in [-0.2, -0.15) is 0 Å². The number of hydrogen-bond acceptors (Lipinski definition) is 5. The molecule has 0 amide bonds. The third kappa shape index (κ3) is 5.15. The van der Waals surface area contributed by atoms with Crippen LogP contribution in [0, 0.1) is 0 Å². The van der Waals surface area contributed by atoms with Crippen LogP contribution in [-0.4, -0.2) is 41.3 Å². The fraction of sp³-hybridized carbons (Fsp3) is 0.250. The summed E-state index contributed by atoms with van der Waals surface area (Å²) in [6.45, 7) is 0.932. The lowest BCUT2D eigenvalue weighted by Crippen LogP contribution is -2.30. The summed E-state index contributed by atoms with van der Waals surface area (Å²) in [5.74, 6) is -2.02. The minimum Gasteiger partial charge on any atom is -0.481 e. The summed E-state index contributed by atoms with van der Waals surface area (Å²) < 4.78 is 4.95. The van der Waals surface area contributed by atoms with Gasteiger partial charge in [-0.3, -0.25) is 14.4 Å². The average molecular weight is 371 g/mol. The predicted molar refractivity (Wildman–Crippen MR) is 98.2 cm³/mol. The van der Waals surface area contributed by atoms with Crippen molar-refractivity contribution in [3.63, 3.8) is 0 Å². The molecule has 0 heterocycles. The van der Waals surface area contributed by atoms with Crippen molar-refractivity contribution < 1.29 is 29.3 Å². The summed E-state index contributed by atoms with van der Waals surface area (Å²) >= 11 is 0. The zero-order chi connectivity index (χ0) is 19.8. The molecule has 1 aliphatic carbocycles. The Morgan fingerprint density at radius 2 is 1.56 bits per heavy atom. The number of carbonyl (C=O) groups excluding carboxylic acids is 1. The Bertz CT molecular complexity index is 774. The molecule has 7 heteroatoms. The number of ether oxygens (including phenoxy) is 1. The van der Waals surface area contributed by atoms with Crippen LogP contribution in [0.2, 0.25) is 0 Å². The maximum Gasteiger partial charge on any atom is 0.320 e. The quantitative estimate of drug-likeness (QED) is 0.637. The van der Waals surface area contributed by atoms with E-state index in [0.29, 0.717) is 13.1 Å². The van der Waals surface area contributed by atoms with Crippen molar-refractivity contribution in [3.8, 4) is 11.1 Å². The van der Waals surface area contributed by atoms with Crippen molar-refractivity contribution in [3.05, 3.63) is 59.7 Å². The Labute approximate surface area is 156 Å². The molecule has 0 radical (unpaired) electrons. The predicted octanol–water partition coefficient (Wildman–Crippen LogP) is 2.24. The summed E-state index contributed by atoms with van der Waals surface area (Å²) in [5.41, 5.74) is 10.00. The minimum atomic E-state index is -1.17. The molecule has 0 fully saturated rings. The highest BCUT2D eigenvalue weighted by atomic mass is 16.5. The Hall–Kier alpha value is -3.19. The number of carbonyl (C=O) groups is 3. The molecule has 0 bridgehead atoms. The molecule has 2 aromatic carbocycles. The topological polar surface area (TPSA) is 127 Å². The third-order valence-electron chi connectivity index (χ3n) is 4.28. The van der Waals surface area contributed by atoms with Crippen LogP contribution < -0.4 is 5.73 Å². The average Bonchev–Trinajstić information content (AvgIpc) is 2.99. The second-order valence-electron chi connectivity index (χ2n) is 6.03. The Kier molecular flexibility index (Phi) is 7.08. The summed E-state index contributed by atoms with van der Waals surface area (Å²) in [6, 6.07) is 15.5. The van der Waals surface area contributed by atoms with Gasteiger partial charge >= 0.3 is 11.9 Å². The van der Waals surface area contributed by atoms with E-state index in [1.165, 1.54) is 22.3 Å². The molecule has 4 N–H and O–H groups in total. The van der Waals surface area contributed by atoms with Crippen molar-refractivity contribution in [2.24, 2.45) is 5.73 Å². The van der Waals surface area contributed by atoms with E-state index in [1.807, 2.05) is 24.3 Å². The van der Waals surface area contributed by atoms with E-state index in [9.17, 15) is 14.4 Å². The zero-order valence-corrected chi connectivity index (χ0v) is 14.6. The van der Waals surface area contributed by atoms with Gasteiger partial charge in [0.1, 0.15) is 12.6 Å². The lowest BCUT2D eigenvalue weighted by Gasteiger charge is -2.11. The first-order valence-electron chi connectivity index (χ1n) is 8.39. The van der Waals surface area contributed by atoms with Crippen LogP contribution in [0.15, 0.2) is 48.5 Å². The second kappa shape index (κ2) is 9.49. The molecule has 0 aliphatic heterocycles. The van der Waals surface area contributed by atoms with E-state index in [2.05, 4.69) is 24.3 Å². The fourth-order valence-electron chi connectivity index (χ4n) is 2.98. The number of nitrogens with two attached hydrogens (primary N) is 1. The highest BCUT2D eigenvalue weighted by molar-refractivity contribution is 5.78. The van der Waals surface area contributed by atoms with Gasteiger partial charge in [-0.05, 0) is 28.7 Å². The number of rotatable bonds is 7. The number of aliphatic carboxylic acids is 2. The SMILES string of the molecule is N[C@H](CCC(=O)O)C(=O)O.O=COCC1c2ccccc2-c2ccccc21. The van der Waals surface area contributed by atoms with Crippen molar-refractivity contribution in [2.45, 2.75) is 24.8 Å². The molecule has 0 aromatic heterocycles. The monoisotopic (exact) mass is 371 g/mol. The zero-order valence-electron chi connectivity index (χ0n) is 14.6. The third-order valence-corrected chi connectivity index (χ3v) is 4.28. The molecule has 27 heavy (non-hydrogen) atoms. The van der Waals surface area contributed by atoms with Gasteiger partial charge in [-0.15, -0.1) is 0 Å². The minimum absolute atomic E-state index is 0.0231. The van der Waals surface area contributed by atoms with Gasteiger partial charge in [0.2, 0.25) is 0 Å². The molecule has 0 saturated heterocycles. The standard InChI is InChI=1S/C15H12O2.C5H9NO4/c16-10-17-9-15-13-7-3-1-5-11(13)12-6-2-4-8-14(12)15;6-3(5(9)10)1-2-4(7)8/h1-8,10,15H,9H2;3H,1-2,6H2,(H,7,8)(H,9,10)/t;3-/m.1/s1. The lowest BCUT2D eigenvalue weighted by atomic mass is 9.98. The first-order valence-corrected chi connectivity index (χ1v) is 8.39. The van der Waals surface area contributed by atoms with Gasteiger partial charge < -0.3 is 20.7 Å². The van der Waals surface area contributed by atoms with Gasteiger partial charge in [0.25, 0.3) is 6.47 Å². The van der Waals surface area contributed by atoms with E-state index < -0.39 is 18.0 Å². The molecule has 142 valence electrons. The van der Waals surface area contributed by atoms with Crippen molar-refractivity contribution in [2.75, 3.05) is 6.61 Å². The van der Waals surface area contributed by atoms with Crippen LogP contribution in [0.1, 0.15) is 29.9 Å². The fourth-order valence-corrected chi connectivity index (χ4v) is 2.98. The van der Waals surface area contributed by atoms with E-state index in [-0.39, 0.29) is 18.8 Å². The van der Waals surface area contributed by atoms with Crippen LogP contribution in [-0.2, 0) is 19.1 Å². The Morgan fingerprint density at radius 1 is 1.04 bits per heavy atom. The Balaban J connectivity index is 0.000000227. The normalized spacial score (nSPS) is 12.8. The van der Waals surface area contributed by atoms with E-state index >= 15 is 0 Å². The number of fused-ring (bicyclic) bond motifs is 3. The molecule has 3 rings (SSSR count). The van der Waals surface area contributed by atoms with Crippen molar-refractivity contribution in [1.29, 1.82) is 0 Å². The van der Waals surface area contributed by atoms with Crippen LogP contribution in [0.25, 0.3) is 11.1 Å². The first-order chi connectivity index (χ1) is 13.0. The summed E-state index contributed by atoms with van der Waals surface area (Å²) in [7, 11) is 0. The van der Waals surface area contributed by atoms with Gasteiger partial charge in [-0.25, -0.2) is 0 Å². The molecule has 1 atom stereocenters. The van der Waals surface area contributed by atoms with Gasteiger partial charge in [-0.1, -0.05) is 48.5 Å². The molecule has 0 spiro atoms. The summed E-state index contributed by atoms with van der Waals surface area (Å²) in [4.78, 5) is 30.2. The summed E-state index contributed by atoms with van der Waals surface area (Å²) in [5, 5.41) is 16.3. The van der Waals surface area contributed by atoms with Crippen LogP contribution >= 0.6 is 0 Å². The molecule has 7 nitrogen and oxygen atoms in total. The molecule has 0 saturated carbocycles. The van der Waals surface area contributed by atoms with E-state index in [0.717, 1.165) is 0 Å². The van der Waals surface area contributed by atoms with E-state index in [1.54, 1.807) is 0 Å². The number of benzene rings is 2. The van der Waals surface area contributed by atoms with Crippen LogP contribution in [0.3, 0.4) is 0 Å². The summed E-state index contributed by atoms with van der Waals surface area (Å²) in [6.07, 6.45) is -0.224. The Morgan fingerprint density at radius 3 is 2.00 bits per heavy atom. The van der Waals surface area contributed by atoms with Crippen molar-refractivity contribution >= 4 is 18.4 Å². The van der Waals surface area contributed by atoms with E-state index in [4.69, 9.17) is 20.7 Å².